The Kier molecular flexibility index (Phi) is 3.06. The summed E-state index contributed by atoms with van der Waals surface area (Å²) in [4.78, 5) is 26.0. The highest BCUT2D eigenvalue weighted by molar-refractivity contribution is 6.35. The molecule has 0 aliphatic heterocycles. The molecule has 31 heavy (non-hydrogen) atoms. The van der Waals surface area contributed by atoms with Gasteiger partial charge in [-0.1, -0.05) is 32.9 Å². The van der Waals surface area contributed by atoms with Gasteiger partial charge in [-0.15, -0.1) is 0 Å². The molecular formula is C28H36O3. The van der Waals surface area contributed by atoms with Crippen molar-refractivity contribution < 1.29 is 14.7 Å². The van der Waals surface area contributed by atoms with Crippen LogP contribution in [0.1, 0.15) is 52.9 Å². The van der Waals surface area contributed by atoms with Gasteiger partial charge in [0.15, 0.2) is 0 Å². The van der Waals surface area contributed by atoms with Crippen molar-refractivity contribution in [1.29, 1.82) is 0 Å². The fraction of sp³-hybridized carbons (Fsp3) is 0.857. The number of hydrogen-bond donors (Lipinski definition) is 1. The van der Waals surface area contributed by atoms with E-state index in [0.717, 1.165) is 41.9 Å². The predicted molar refractivity (Wildman–Crippen MR) is 116 cm³/mol. The molecule has 0 radical (unpaired) electrons. The number of fused-ring (bicyclic) bond motifs is 23. The van der Waals surface area contributed by atoms with E-state index in [4.69, 9.17) is 0 Å². The maximum atomic E-state index is 13.7. The maximum absolute atomic E-state index is 13.7. The Morgan fingerprint density at radius 3 is 2.13 bits per heavy atom. The number of Topliss-reactive ketones (excluding diaryl/α,β-unsaturated/α-hetero) is 1. The number of rotatable bonds is 2. The number of hydrogen-bond acceptors (Lipinski definition) is 2. The van der Waals surface area contributed by atoms with E-state index in [2.05, 4.69) is 32.9 Å². The molecule has 7 fully saturated rings. The van der Waals surface area contributed by atoms with Crippen LogP contribution in [-0.4, -0.2) is 16.9 Å². The smallest absolute Gasteiger partial charge is 0.372 e. The van der Waals surface area contributed by atoms with Gasteiger partial charge in [-0.25, -0.2) is 4.79 Å². The highest BCUT2D eigenvalue weighted by Crippen LogP contribution is 2.85. The lowest BCUT2D eigenvalue weighted by molar-refractivity contribution is -0.169. The van der Waals surface area contributed by atoms with Crippen molar-refractivity contribution in [2.75, 3.05) is 0 Å². The molecule has 15 atom stereocenters. The van der Waals surface area contributed by atoms with Crippen molar-refractivity contribution in [2.24, 2.45) is 93.7 Å². The van der Waals surface area contributed by atoms with E-state index in [1.165, 1.54) is 25.7 Å². The number of aliphatic carboxylic acids is 1. The molecule has 0 heterocycles. The molecular weight excluding hydrogens is 384 g/mol. The number of carbonyl (C=O) groups is 2. The van der Waals surface area contributed by atoms with E-state index in [1.54, 1.807) is 0 Å². The number of carboxylic acid groups (broad SMARTS) is 1. The van der Waals surface area contributed by atoms with Crippen molar-refractivity contribution >= 4 is 11.8 Å². The van der Waals surface area contributed by atoms with Gasteiger partial charge in [0.2, 0.25) is 5.78 Å². The zero-order valence-electron chi connectivity index (χ0n) is 19.0. The zero-order chi connectivity index (χ0) is 21.2. The Balaban J connectivity index is 1.26. The molecule has 1 N–H and O–H groups in total. The van der Waals surface area contributed by atoms with Crippen LogP contribution in [0.4, 0.5) is 0 Å². The minimum Gasteiger partial charge on any atom is -0.475 e. The van der Waals surface area contributed by atoms with Crippen molar-refractivity contribution in [3.05, 3.63) is 12.2 Å². The summed E-state index contributed by atoms with van der Waals surface area (Å²) in [5.41, 5.74) is -0.126. The normalized spacial score (nSPS) is 63.1. The van der Waals surface area contributed by atoms with Gasteiger partial charge in [-0.2, -0.15) is 0 Å². The van der Waals surface area contributed by atoms with Crippen molar-refractivity contribution in [3.8, 4) is 0 Å². The van der Waals surface area contributed by atoms with E-state index < -0.39 is 11.4 Å². The van der Waals surface area contributed by atoms with E-state index in [-0.39, 0.29) is 5.78 Å². The summed E-state index contributed by atoms with van der Waals surface area (Å²) < 4.78 is 0. The quantitative estimate of drug-likeness (QED) is 0.392. The predicted octanol–water partition coefficient (Wildman–Crippen LogP) is 4.91. The van der Waals surface area contributed by atoms with Crippen LogP contribution in [0, 0.1) is 93.7 Å². The summed E-state index contributed by atoms with van der Waals surface area (Å²) in [6.07, 6.45) is 11.2. The Morgan fingerprint density at radius 1 is 0.806 bits per heavy atom. The molecule has 15 unspecified atom stereocenters. The molecule has 0 saturated heterocycles. The first-order chi connectivity index (χ1) is 14.7. The third-order valence-electron chi connectivity index (χ3n) is 13.1. The van der Waals surface area contributed by atoms with E-state index in [1.807, 2.05) is 0 Å². The second kappa shape index (κ2) is 5.17. The second-order valence-electron chi connectivity index (χ2n) is 14.2. The maximum Gasteiger partial charge on any atom is 0.372 e. The van der Waals surface area contributed by atoms with E-state index in [9.17, 15) is 14.7 Å². The summed E-state index contributed by atoms with van der Waals surface area (Å²) in [5, 5.41) is 10.1. The third kappa shape index (κ3) is 1.73. The van der Waals surface area contributed by atoms with Crippen molar-refractivity contribution in [1.82, 2.24) is 0 Å². The van der Waals surface area contributed by atoms with Gasteiger partial charge in [0.1, 0.15) is 0 Å². The van der Waals surface area contributed by atoms with Crippen molar-refractivity contribution in [3.63, 3.8) is 0 Å². The third-order valence-corrected chi connectivity index (χ3v) is 13.1. The van der Waals surface area contributed by atoms with Crippen LogP contribution in [0.5, 0.6) is 0 Å². The van der Waals surface area contributed by atoms with E-state index >= 15 is 0 Å². The van der Waals surface area contributed by atoms with Gasteiger partial charge in [0.05, 0.1) is 5.41 Å². The first kappa shape index (κ1) is 18.3. The highest BCUT2D eigenvalue weighted by atomic mass is 16.4. The zero-order valence-corrected chi connectivity index (χ0v) is 19.0. The average Bonchev–Trinajstić information content (AvgIpc) is 3.51. The van der Waals surface area contributed by atoms with Gasteiger partial charge in [-0.05, 0) is 120 Å². The fourth-order valence-corrected chi connectivity index (χ4v) is 13.2. The number of ketones is 1. The summed E-state index contributed by atoms with van der Waals surface area (Å²) >= 11 is 0. The minimum absolute atomic E-state index is 0.351. The van der Waals surface area contributed by atoms with E-state index in [0.29, 0.717) is 52.8 Å². The Morgan fingerprint density at radius 2 is 1.45 bits per heavy atom. The number of allylic oxidation sites excluding steroid dienone is 2. The number of carbonyl (C=O) groups excluding carboxylic acids is 1. The molecule has 0 spiro atoms. The molecule has 0 aromatic heterocycles. The fourth-order valence-electron chi connectivity index (χ4n) is 13.2. The lowest BCUT2D eigenvalue weighted by Crippen LogP contribution is -2.59. The summed E-state index contributed by atoms with van der Waals surface area (Å²) in [6.45, 7) is 7.30. The van der Waals surface area contributed by atoms with Crippen LogP contribution < -0.4 is 0 Å². The van der Waals surface area contributed by atoms with Crippen LogP contribution in [-0.2, 0) is 9.59 Å². The van der Waals surface area contributed by atoms with Gasteiger partial charge in [0.25, 0.3) is 0 Å². The minimum atomic E-state index is -1.12. The monoisotopic (exact) mass is 420 g/mol. The average molecular weight is 421 g/mol. The first-order valence-corrected chi connectivity index (χ1v) is 13.2. The standard InChI is InChI=1S/C28H36O3/c1-27(2,3)17-8-13-7-14(17)23-16-10-19(22(13)23)28(25(29)26(30)31)18-9-15(24(16)28)20-11-4-5-12(6-11)21(18)20/h4-5,11-24H,6-10H2,1-3H3,(H,30,31). The van der Waals surface area contributed by atoms with Gasteiger partial charge in [-0.3, -0.25) is 4.79 Å². The van der Waals surface area contributed by atoms with Crippen LogP contribution in [0.25, 0.3) is 0 Å². The van der Waals surface area contributed by atoms with Crippen LogP contribution >= 0.6 is 0 Å². The van der Waals surface area contributed by atoms with Crippen LogP contribution in [0.3, 0.4) is 0 Å². The molecule has 3 heteroatoms. The highest BCUT2D eigenvalue weighted by Gasteiger charge is 2.84. The summed E-state index contributed by atoms with van der Waals surface area (Å²) in [6, 6.07) is 0. The largest absolute Gasteiger partial charge is 0.475 e. The van der Waals surface area contributed by atoms with Crippen LogP contribution in [0.15, 0.2) is 12.2 Å². The molecule has 7 saturated carbocycles. The van der Waals surface area contributed by atoms with Crippen molar-refractivity contribution in [2.45, 2.75) is 52.9 Å². The first-order valence-electron chi connectivity index (χ1n) is 13.2. The molecule has 0 aromatic carbocycles. The molecule has 0 aromatic rings. The SMILES string of the molecule is CC(C)(C)C1CC2CC1C1C3CC(C21)C1(C(=O)C(=O)O)C2CC(C4C5C=CC(C5)C42)C31. The molecule has 8 rings (SSSR count). The van der Waals surface area contributed by atoms with Gasteiger partial charge < -0.3 is 5.11 Å². The summed E-state index contributed by atoms with van der Waals surface area (Å²) in [5.74, 6) is 7.50. The lowest BCUT2D eigenvalue weighted by Gasteiger charge is -2.56. The van der Waals surface area contributed by atoms with Gasteiger partial charge in [0, 0.05) is 0 Å². The molecule has 8 aliphatic rings. The molecule has 8 aliphatic carbocycles. The number of carboxylic acids is 1. The molecule has 166 valence electrons. The Bertz CT molecular complexity index is 942. The molecule has 3 nitrogen and oxygen atoms in total. The van der Waals surface area contributed by atoms with Gasteiger partial charge >= 0.3 is 5.97 Å². The molecule has 0 amide bonds. The Hall–Kier alpha value is -1.12. The van der Waals surface area contributed by atoms with Crippen LogP contribution in [0.2, 0.25) is 0 Å². The lowest BCUT2D eigenvalue weighted by atomic mass is 9.46. The summed E-state index contributed by atoms with van der Waals surface area (Å²) in [7, 11) is 0. The molecule has 8 bridgehead atoms. The Labute approximate surface area is 185 Å². The topological polar surface area (TPSA) is 54.4 Å². The second-order valence-corrected chi connectivity index (χ2v) is 14.2.